The molecular weight excluding hydrogens is 248 g/mol. The van der Waals surface area contributed by atoms with E-state index in [-0.39, 0.29) is 0 Å². The Hall–Kier alpha value is 0.0400. The van der Waals surface area contributed by atoms with Gasteiger partial charge in [0.2, 0.25) is 0 Å². The number of hydrogen-bond acceptors (Lipinski definition) is 0. The van der Waals surface area contributed by atoms with E-state index in [0.29, 0.717) is 0 Å². The fraction of sp³-hybridized carbons (Fsp3) is 0.857. The largest absolute Gasteiger partial charge is 0.107 e. The standard InChI is InChI=1S/C14H25Br/c1-2-3-4-5-6-7-8-9-10-11-12-13-14-15/h4-14H2,1H3. The summed E-state index contributed by atoms with van der Waals surface area (Å²) in [6.07, 6.45) is 13.6. The van der Waals surface area contributed by atoms with Gasteiger partial charge in [-0.15, -0.1) is 11.8 Å². The highest BCUT2D eigenvalue weighted by Gasteiger charge is 1.91. The van der Waals surface area contributed by atoms with Crippen LogP contribution in [-0.4, -0.2) is 5.33 Å². The number of hydrogen-bond donors (Lipinski definition) is 0. The molecule has 0 unspecified atom stereocenters. The quantitative estimate of drug-likeness (QED) is 0.287. The summed E-state index contributed by atoms with van der Waals surface area (Å²) in [5.41, 5.74) is 0. The predicted molar refractivity (Wildman–Crippen MR) is 73.4 cm³/mol. The summed E-state index contributed by atoms with van der Waals surface area (Å²) < 4.78 is 0. The second-order valence-corrected chi connectivity index (χ2v) is 4.84. The first-order chi connectivity index (χ1) is 7.41. The molecule has 0 spiro atoms. The average Bonchev–Trinajstić information content (AvgIpc) is 2.26. The van der Waals surface area contributed by atoms with E-state index in [9.17, 15) is 0 Å². The molecule has 0 aliphatic heterocycles. The van der Waals surface area contributed by atoms with E-state index in [1.807, 2.05) is 6.92 Å². The lowest BCUT2D eigenvalue weighted by Gasteiger charge is -2.00. The van der Waals surface area contributed by atoms with Crippen LogP contribution in [0.2, 0.25) is 0 Å². The molecule has 0 aliphatic rings. The van der Waals surface area contributed by atoms with Gasteiger partial charge < -0.3 is 0 Å². The van der Waals surface area contributed by atoms with E-state index in [1.54, 1.807) is 0 Å². The van der Waals surface area contributed by atoms with E-state index in [2.05, 4.69) is 27.8 Å². The molecule has 88 valence electrons. The van der Waals surface area contributed by atoms with E-state index in [1.165, 1.54) is 63.1 Å². The lowest BCUT2D eigenvalue weighted by atomic mass is 10.1. The maximum atomic E-state index is 3.46. The Balaban J connectivity index is 2.88. The molecule has 0 aromatic rings. The van der Waals surface area contributed by atoms with Crippen molar-refractivity contribution in [3.63, 3.8) is 0 Å². The van der Waals surface area contributed by atoms with Gasteiger partial charge in [-0.3, -0.25) is 0 Å². The first kappa shape index (κ1) is 15.0. The maximum Gasteiger partial charge on any atom is 0.00885 e. The van der Waals surface area contributed by atoms with Crippen molar-refractivity contribution in [2.45, 2.75) is 71.1 Å². The summed E-state index contributed by atoms with van der Waals surface area (Å²) in [5.74, 6) is 6.06. The van der Waals surface area contributed by atoms with E-state index in [4.69, 9.17) is 0 Å². The van der Waals surface area contributed by atoms with Gasteiger partial charge in [0.05, 0.1) is 0 Å². The Kier molecular flexibility index (Phi) is 14.1. The highest BCUT2D eigenvalue weighted by atomic mass is 79.9. The SMILES string of the molecule is CC#CCCCCCCCCCCCBr. The molecule has 0 atom stereocenters. The van der Waals surface area contributed by atoms with Crippen LogP contribution in [0.5, 0.6) is 0 Å². The van der Waals surface area contributed by atoms with Gasteiger partial charge in [-0.2, -0.15) is 0 Å². The smallest absolute Gasteiger partial charge is 0.00885 e. The van der Waals surface area contributed by atoms with Crippen molar-refractivity contribution >= 4 is 15.9 Å². The molecule has 0 fully saturated rings. The molecule has 0 saturated carbocycles. The molecular formula is C14H25Br. The van der Waals surface area contributed by atoms with Gasteiger partial charge in [0, 0.05) is 11.8 Å². The van der Waals surface area contributed by atoms with Crippen LogP contribution in [0.25, 0.3) is 0 Å². The number of alkyl halides is 1. The van der Waals surface area contributed by atoms with Crippen molar-refractivity contribution in [2.24, 2.45) is 0 Å². The monoisotopic (exact) mass is 272 g/mol. The van der Waals surface area contributed by atoms with Crippen molar-refractivity contribution < 1.29 is 0 Å². The van der Waals surface area contributed by atoms with Crippen LogP contribution in [-0.2, 0) is 0 Å². The summed E-state index contributed by atoms with van der Waals surface area (Å²) in [4.78, 5) is 0. The third-order valence-electron chi connectivity index (χ3n) is 2.61. The molecule has 1 heteroatoms. The molecule has 0 amide bonds. The molecule has 0 bridgehead atoms. The maximum absolute atomic E-state index is 3.46. The van der Waals surface area contributed by atoms with Gasteiger partial charge in [0.25, 0.3) is 0 Å². The molecule has 0 saturated heterocycles. The van der Waals surface area contributed by atoms with Crippen LogP contribution in [0.4, 0.5) is 0 Å². The summed E-state index contributed by atoms with van der Waals surface area (Å²) in [5, 5.41) is 1.17. The van der Waals surface area contributed by atoms with Crippen LogP contribution in [0.1, 0.15) is 71.1 Å². The Morgan fingerprint density at radius 3 is 1.67 bits per heavy atom. The van der Waals surface area contributed by atoms with E-state index < -0.39 is 0 Å². The van der Waals surface area contributed by atoms with Gasteiger partial charge in [-0.25, -0.2) is 0 Å². The lowest BCUT2D eigenvalue weighted by Crippen LogP contribution is -1.82. The Morgan fingerprint density at radius 1 is 0.733 bits per heavy atom. The highest BCUT2D eigenvalue weighted by molar-refractivity contribution is 9.09. The minimum atomic E-state index is 1.10. The molecule has 0 N–H and O–H groups in total. The van der Waals surface area contributed by atoms with Crippen molar-refractivity contribution in [3.8, 4) is 11.8 Å². The summed E-state index contributed by atoms with van der Waals surface area (Å²) in [7, 11) is 0. The van der Waals surface area contributed by atoms with E-state index >= 15 is 0 Å². The van der Waals surface area contributed by atoms with Crippen molar-refractivity contribution in [2.75, 3.05) is 5.33 Å². The molecule has 0 aromatic carbocycles. The van der Waals surface area contributed by atoms with Gasteiger partial charge in [0.1, 0.15) is 0 Å². The van der Waals surface area contributed by atoms with Crippen LogP contribution in [0.3, 0.4) is 0 Å². The molecule has 15 heavy (non-hydrogen) atoms. The second kappa shape index (κ2) is 14.0. The third-order valence-corrected chi connectivity index (χ3v) is 3.17. The summed E-state index contributed by atoms with van der Waals surface area (Å²) in [6.45, 7) is 1.92. The summed E-state index contributed by atoms with van der Waals surface area (Å²) >= 11 is 3.46. The van der Waals surface area contributed by atoms with Gasteiger partial charge in [0.15, 0.2) is 0 Å². The van der Waals surface area contributed by atoms with Crippen LogP contribution in [0, 0.1) is 11.8 Å². The van der Waals surface area contributed by atoms with Crippen molar-refractivity contribution in [1.29, 1.82) is 0 Å². The Labute approximate surface area is 104 Å². The molecule has 0 aliphatic carbocycles. The molecule has 0 heterocycles. The average molecular weight is 273 g/mol. The molecule has 0 radical (unpaired) electrons. The lowest BCUT2D eigenvalue weighted by molar-refractivity contribution is 0.569. The Morgan fingerprint density at radius 2 is 1.20 bits per heavy atom. The predicted octanol–water partition coefficient (Wildman–Crippen LogP) is 5.31. The van der Waals surface area contributed by atoms with Gasteiger partial charge in [-0.1, -0.05) is 60.9 Å². The zero-order valence-corrected chi connectivity index (χ0v) is 11.7. The minimum Gasteiger partial charge on any atom is -0.107 e. The van der Waals surface area contributed by atoms with Crippen LogP contribution in [0.15, 0.2) is 0 Å². The third kappa shape index (κ3) is 14.0. The van der Waals surface area contributed by atoms with E-state index in [0.717, 1.165) is 6.42 Å². The zero-order chi connectivity index (χ0) is 11.2. The zero-order valence-electron chi connectivity index (χ0n) is 10.2. The molecule has 0 nitrogen and oxygen atoms in total. The molecule has 0 aromatic heterocycles. The minimum absolute atomic E-state index is 1.10. The number of halogens is 1. The van der Waals surface area contributed by atoms with Crippen molar-refractivity contribution in [1.82, 2.24) is 0 Å². The number of unbranched alkanes of at least 4 members (excludes halogenated alkanes) is 9. The first-order valence-electron chi connectivity index (χ1n) is 6.37. The first-order valence-corrected chi connectivity index (χ1v) is 7.49. The normalized spacial score (nSPS) is 9.73. The fourth-order valence-electron chi connectivity index (χ4n) is 1.67. The molecule has 0 rings (SSSR count). The number of rotatable bonds is 10. The van der Waals surface area contributed by atoms with Crippen LogP contribution < -0.4 is 0 Å². The topological polar surface area (TPSA) is 0 Å². The van der Waals surface area contributed by atoms with Crippen molar-refractivity contribution in [3.05, 3.63) is 0 Å². The summed E-state index contributed by atoms with van der Waals surface area (Å²) in [6, 6.07) is 0. The van der Waals surface area contributed by atoms with Gasteiger partial charge in [-0.05, 0) is 19.8 Å². The fourth-order valence-corrected chi connectivity index (χ4v) is 2.07. The van der Waals surface area contributed by atoms with Crippen LogP contribution >= 0.6 is 15.9 Å². The highest BCUT2D eigenvalue weighted by Crippen LogP contribution is 2.10. The Bertz CT molecular complexity index is 164. The van der Waals surface area contributed by atoms with Gasteiger partial charge >= 0.3 is 0 Å². The second-order valence-electron chi connectivity index (χ2n) is 4.05.